The predicted octanol–water partition coefficient (Wildman–Crippen LogP) is 1.71. The Bertz CT molecular complexity index is 300. The summed E-state index contributed by atoms with van der Waals surface area (Å²) < 4.78 is 0. The number of nitrogens with two attached hydrogens (primary N) is 2. The molecule has 4 heteroatoms. The van der Waals surface area contributed by atoms with Gasteiger partial charge < -0.3 is 16.4 Å². The molecular weight excluding hydrogens is 222 g/mol. The Morgan fingerprint density at radius 1 is 1.31 bits per heavy atom. The van der Waals surface area contributed by atoms with Crippen molar-refractivity contribution in [1.82, 2.24) is 0 Å². The van der Waals surface area contributed by atoms with Gasteiger partial charge >= 0.3 is 0 Å². The number of hydrogen-bond acceptors (Lipinski definition) is 3. The molecule has 1 unspecified atom stereocenters. The van der Waals surface area contributed by atoms with E-state index in [1.165, 1.54) is 5.69 Å². The lowest BCUT2D eigenvalue weighted by atomic mass is 10.1. The van der Waals surface area contributed by atoms with E-state index in [0.29, 0.717) is 12.4 Å². The summed E-state index contributed by atoms with van der Waals surface area (Å²) in [6.07, 6.45) is 0. The van der Waals surface area contributed by atoms with Gasteiger partial charge in [0.05, 0.1) is 0 Å². The lowest BCUT2D eigenvalue weighted by Crippen LogP contribution is -2.25. The van der Waals surface area contributed by atoms with E-state index in [2.05, 4.69) is 24.0 Å². The van der Waals surface area contributed by atoms with Crippen LogP contribution in [0.5, 0.6) is 0 Å². The number of benzene rings is 1. The van der Waals surface area contributed by atoms with Crippen LogP contribution < -0.4 is 16.4 Å². The standard InChI is InChI=1S/C12H20ClN3/c1-2-16(8-7-13)11-5-3-10(4-6-11)12(15)9-14/h3-6,12H,2,7-9,14-15H2,1H3. The third-order valence-electron chi connectivity index (χ3n) is 2.68. The highest BCUT2D eigenvalue weighted by atomic mass is 35.5. The summed E-state index contributed by atoms with van der Waals surface area (Å²) in [5.41, 5.74) is 13.6. The van der Waals surface area contributed by atoms with E-state index in [-0.39, 0.29) is 6.04 Å². The van der Waals surface area contributed by atoms with Crippen LogP contribution in [0.15, 0.2) is 24.3 Å². The summed E-state index contributed by atoms with van der Waals surface area (Å²) in [7, 11) is 0. The average Bonchev–Trinajstić information content (AvgIpc) is 2.35. The Labute approximate surface area is 102 Å². The van der Waals surface area contributed by atoms with Gasteiger partial charge in [0.1, 0.15) is 0 Å². The fourth-order valence-corrected chi connectivity index (χ4v) is 1.84. The van der Waals surface area contributed by atoms with Gasteiger partial charge in [-0.05, 0) is 24.6 Å². The molecule has 90 valence electrons. The monoisotopic (exact) mass is 241 g/mol. The van der Waals surface area contributed by atoms with Gasteiger partial charge in [0, 0.05) is 37.2 Å². The molecular formula is C12H20ClN3. The van der Waals surface area contributed by atoms with Crippen molar-refractivity contribution >= 4 is 17.3 Å². The summed E-state index contributed by atoms with van der Waals surface area (Å²) in [5.74, 6) is 0.637. The molecule has 1 atom stereocenters. The van der Waals surface area contributed by atoms with Crippen molar-refractivity contribution in [2.24, 2.45) is 11.5 Å². The molecule has 0 bridgehead atoms. The first-order valence-corrected chi connectivity index (χ1v) is 6.12. The molecule has 0 aliphatic carbocycles. The molecule has 0 heterocycles. The minimum atomic E-state index is -0.0721. The van der Waals surface area contributed by atoms with Gasteiger partial charge in [0.25, 0.3) is 0 Å². The molecule has 0 radical (unpaired) electrons. The summed E-state index contributed by atoms with van der Waals surface area (Å²) in [6, 6.07) is 8.13. The van der Waals surface area contributed by atoms with Crippen LogP contribution in [0, 0.1) is 0 Å². The van der Waals surface area contributed by atoms with E-state index in [1.807, 2.05) is 12.1 Å². The molecule has 4 N–H and O–H groups in total. The Kier molecular flexibility index (Phi) is 5.60. The molecule has 0 saturated carbocycles. The van der Waals surface area contributed by atoms with Crippen molar-refractivity contribution in [2.45, 2.75) is 13.0 Å². The quantitative estimate of drug-likeness (QED) is 0.746. The second-order valence-electron chi connectivity index (χ2n) is 3.70. The van der Waals surface area contributed by atoms with Crippen LogP contribution in [0.1, 0.15) is 18.5 Å². The zero-order chi connectivity index (χ0) is 12.0. The second-order valence-corrected chi connectivity index (χ2v) is 4.08. The Balaban J connectivity index is 2.76. The maximum Gasteiger partial charge on any atom is 0.0419 e. The summed E-state index contributed by atoms with van der Waals surface area (Å²) >= 11 is 5.75. The molecule has 3 nitrogen and oxygen atoms in total. The van der Waals surface area contributed by atoms with E-state index in [9.17, 15) is 0 Å². The van der Waals surface area contributed by atoms with E-state index in [4.69, 9.17) is 23.1 Å². The maximum absolute atomic E-state index is 5.85. The van der Waals surface area contributed by atoms with Gasteiger partial charge in [0.15, 0.2) is 0 Å². The van der Waals surface area contributed by atoms with Crippen LogP contribution in [-0.4, -0.2) is 25.5 Å². The fourth-order valence-electron chi connectivity index (χ4n) is 1.64. The number of rotatable bonds is 6. The van der Waals surface area contributed by atoms with E-state index < -0.39 is 0 Å². The zero-order valence-corrected chi connectivity index (χ0v) is 10.5. The summed E-state index contributed by atoms with van der Waals surface area (Å²) in [5, 5.41) is 0. The Morgan fingerprint density at radius 2 is 1.94 bits per heavy atom. The van der Waals surface area contributed by atoms with Crippen molar-refractivity contribution < 1.29 is 0 Å². The number of anilines is 1. The first-order chi connectivity index (χ1) is 7.72. The van der Waals surface area contributed by atoms with Crippen molar-refractivity contribution in [3.63, 3.8) is 0 Å². The lowest BCUT2D eigenvalue weighted by Gasteiger charge is -2.22. The molecule has 0 spiro atoms. The van der Waals surface area contributed by atoms with Gasteiger partial charge in [-0.25, -0.2) is 0 Å². The Morgan fingerprint density at radius 3 is 2.38 bits per heavy atom. The van der Waals surface area contributed by atoms with E-state index in [1.54, 1.807) is 0 Å². The highest BCUT2D eigenvalue weighted by Crippen LogP contribution is 2.17. The van der Waals surface area contributed by atoms with E-state index >= 15 is 0 Å². The molecule has 1 aromatic rings. The molecule has 0 aliphatic rings. The predicted molar refractivity (Wildman–Crippen MR) is 71.0 cm³/mol. The van der Waals surface area contributed by atoms with Gasteiger partial charge in [-0.2, -0.15) is 0 Å². The van der Waals surface area contributed by atoms with Crippen molar-refractivity contribution in [3.05, 3.63) is 29.8 Å². The highest BCUT2D eigenvalue weighted by Gasteiger charge is 2.06. The molecule has 0 saturated heterocycles. The first-order valence-electron chi connectivity index (χ1n) is 5.59. The number of nitrogens with zero attached hydrogens (tertiary/aromatic N) is 1. The molecule has 0 fully saturated rings. The summed E-state index contributed by atoms with van der Waals surface area (Å²) in [6.45, 7) is 4.40. The van der Waals surface area contributed by atoms with Crippen LogP contribution in [0.3, 0.4) is 0 Å². The van der Waals surface area contributed by atoms with Gasteiger partial charge in [-0.1, -0.05) is 12.1 Å². The molecule has 0 aromatic heterocycles. The third kappa shape index (κ3) is 3.37. The fraction of sp³-hybridized carbons (Fsp3) is 0.500. The normalized spacial score (nSPS) is 12.5. The first kappa shape index (κ1) is 13.3. The van der Waals surface area contributed by atoms with Crippen LogP contribution in [-0.2, 0) is 0 Å². The largest absolute Gasteiger partial charge is 0.371 e. The Hall–Kier alpha value is -0.770. The number of halogens is 1. The number of hydrogen-bond donors (Lipinski definition) is 2. The van der Waals surface area contributed by atoms with Crippen LogP contribution >= 0.6 is 11.6 Å². The smallest absolute Gasteiger partial charge is 0.0419 e. The second kappa shape index (κ2) is 6.74. The van der Waals surface area contributed by atoms with Crippen LogP contribution in [0.2, 0.25) is 0 Å². The van der Waals surface area contributed by atoms with Crippen molar-refractivity contribution in [3.8, 4) is 0 Å². The number of alkyl halides is 1. The minimum Gasteiger partial charge on any atom is -0.371 e. The molecule has 16 heavy (non-hydrogen) atoms. The van der Waals surface area contributed by atoms with Crippen molar-refractivity contribution in [1.29, 1.82) is 0 Å². The van der Waals surface area contributed by atoms with Crippen LogP contribution in [0.4, 0.5) is 5.69 Å². The average molecular weight is 242 g/mol. The van der Waals surface area contributed by atoms with E-state index in [0.717, 1.165) is 18.7 Å². The topological polar surface area (TPSA) is 55.3 Å². The van der Waals surface area contributed by atoms with Crippen LogP contribution in [0.25, 0.3) is 0 Å². The molecule has 1 aromatic carbocycles. The zero-order valence-electron chi connectivity index (χ0n) is 9.70. The molecule has 0 aliphatic heterocycles. The third-order valence-corrected chi connectivity index (χ3v) is 2.85. The van der Waals surface area contributed by atoms with Gasteiger partial charge in [-0.3, -0.25) is 0 Å². The highest BCUT2D eigenvalue weighted by molar-refractivity contribution is 6.18. The maximum atomic E-state index is 5.85. The molecule has 0 amide bonds. The SMILES string of the molecule is CCN(CCCl)c1ccc(C(N)CN)cc1. The minimum absolute atomic E-state index is 0.0721. The summed E-state index contributed by atoms with van der Waals surface area (Å²) in [4.78, 5) is 2.23. The van der Waals surface area contributed by atoms with Crippen molar-refractivity contribution in [2.75, 3.05) is 30.4 Å². The van der Waals surface area contributed by atoms with Gasteiger partial charge in [-0.15, -0.1) is 11.6 Å². The lowest BCUT2D eigenvalue weighted by molar-refractivity contribution is 0.736. The molecule has 1 rings (SSSR count). The van der Waals surface area contributed by atoms with Gasteiger partial charge in [0.2, 0.25) is 0 Å².